The average Bonchev–Trinajstić information content (AvgIpc) is 2.27. The maximum Gasteiger partial charge on any atom is 0.134 e. The Kier molecular flexibility index (Phi) is 1.50. The van der Waals surface area contributed by atoms with Gasteiger partial charge in [-0.05, 0) is 24.3 Å². The molecule has 1 aromatic heterocycles. The molecule has 1 nitrogen and oxygen atoms in total. The highest BCUT2D eigenvalue weighted by Crippen LogP contribution is 2.22. The summed E-state index contributed by atoms with van der Waals surface area (Å²) in [5.74, 6) is 0.707. The van der Waals surface area contributed by atoms with Crippen LogP contribution in [0.2, 0.25) is 0 Å². The van der Waals surface area contributed by atoms with E-state index in [0.717, 1.165) is 15.4 Å². The number of rotatable bonds is 0. The Bertz CT molecular complexity index is 389. The van der Waals surface area contributed by atoms with Gasteiger partial charge < -0.3 is 4.42 Å². The van der Waals surface area contributed by atoms with E-state index in [1.165, 1.54) is 0 Å². The Morgan fingerprint density at radius 2 is 2.09 bits per heavy atom. The maximum atomic E-state index is 5.29. The van der Waals surface area contributed by atoms with E-state index in [1.54, 1.807) is 0 Å². The fraction of sp³-hybridized carbons (Fsp3) is 0. The molecule has 0 aliphatic heterocycles. The van der Waals surface area contributed by atoms with Crippen LogP contribution in [0.25, 0.3) is 11.0 Å². The SMILES string of the molecule is [CH2]c1cc2cc(Br)ccc2o1. The average molecular weight is 210 g/mol. The summed E-state index contributed by atoms with van der Waals surface area (Å²) in [4.78, 5) is 0. The van der Waals surface area contributed by atoms with E-state index < -0.39 is 0 Å². The molecule has 0 unspecified atom stereocenters. The normalized spacial score (nSPS) is 10.7. The molecule has 2 heteroatoms. The summed E-state index contributed by atoms with van der Waals surface area (Å²) in [5, 5.41) is 1.09. The van der Waals surface area contributed by atoms with Crippen molar-refractivity contribution in [1.29, 1.82) is 0 Å². The highest BCUT2D eigenvalue weighted by molar-refractivity contribution is 9.10. The first-order chi connectivity index (χ1) is 5.25. The van der Waals surface area contributed by atoms with Gasteiger partial charge in [0.15, 0.2) is 0 Å². The second kappa shape index (κ2) is 2.38. The molecule has 0 saturated heterocycles. The van der Waals surface area contributed by atoms with Crippen LogP contribution in [-0.2, 0) is 0 Å². The zero-order chi connectivity index (χ0) is 7.84. The smallest absolute Gasteiger partial charge is 0.134 e. The van der Waals surface area contributed by atoms with Crippen molar-refractivity contribution >= 4 is 26.9 Å². The van der Waals surface area contributed by atoms with Crippen LogP contribution in [0.1, 0.15) is 5.76 Å². The van der Waals surface area contributed by atoms with Crippen LogP contribution < -0.4 is 0 Å². The Morgan fingerprint density at radius 1 is 1.27 bits per heavy atom. The Labute approximate surface area is 73.1 Å². The molecule has 0 fully saturated rings. The molecule has 0 aliphatic rings. The minimum Gasteiger partial charge on any atom is -0.461 e. The Morgan fingerprint density at radius 3 is 2.91 bits per heavy atom. The summed E-state index contributed by atoms with van der Waals surface area (Å²) >= 11 is 3.38. The molecule has 1 heterocycles. The third kappa shape index (κ3) is 1.18. The van der Waals surface area contributed by atoms with Crippen LogP contribution in [-0.4, -0.2) is 0 Å². The molecule has 2 rings (SSSR count). The molecule has 2 aromatic rings. The van der Waals surface area contributed by atoms with Gasteiger partial charge in [0, 0.05) is 16.8 Å². The van der Waals surface area contributed by atoms with E-state index in [1.807, 2.05) is 24.3 Å². The molecule has 0 N–H and O–H groups in total. The molecule has 55 valence electrons. The molecule has 11 heavy (non-hydrogen) atoms. The number of benzene rings is 1. The van der Waals surface area contributed by atoms with Crippen molar-refractivity contribution < 1.29 is 4.42 Å². The first kappa shape index (κ1) is 6.92. The van der Waals surface area contributed by atoms with Gasteiger partial charge in [0.25, 0.3) is 0 Å². The second-order valence-electron chi connectivity index (χ2n) is 2.39. The second-order valence-corrected chi connectivity index (χ2v) is 3.31. The molecular weight excluding hydrogens is 204 g/mol. The summed E-state index contributed by atoms with van der Waals surface area (Å²) in [6, 6.07) is 7.80. The first-order valence-corrected chi connectivity index (χ1v) is 4.06. The Balaban J connectivity index is 2.82. The number of hydrogen-bond acceptors (Lipinski definition) is 1. The minimum absolute atomic E-state index is 0.707. The third-order valence-electron chi connectivity index (χ3n) is 1.53. The van der Waals surface area contributed by atoms with Crippen molar-refractivity contribution in [1.82, 2.24) is 0 Å². The van der Waals surface area contributed by atoms with Crippen LogP contribution in [0.5, 0.6) is 0 Å². The number of halogens is 1. The van der Waals surface area contributed by atoms with Crippen molar-refractivity contribution in [3.63, 3.8) is 0 Å². The van der Waals surface area contributed by atoms with Crippen molar-refractivity contribution in [2.24, 2.45) is 0 Å². The van der Waals surface area contributed by atoms with Gasteiger partial charge in [0.2, 0.25) is 0 Å². The van der Waals surface area contributed by atoms with E-state index in [9.17, 15) is 0 Å². The van der Waals surface area contributed by atoms with Gasteiger partial charge in [0.1, 0.15) is 11.3 Å². The molecule has 0 bridgehead atoms. The number of fused-ring (bicyclic) bond motifs is 1. The molecule has 1 radical (unpaired) electrons. The number of hydrogen-bond donors (Lipinski definition) is 0. The highest BCUT2D eigenvalue weighted by atomic mass is 79.9. The molecule has 0 spiro atoms. The number of furan rings is 1. The maximum absolute atomic E-state index is 5.29. The molecular formula is C9H6BrO. The predicted molar refractivity (Wildman–Crippen MR) is 48.4 cm³/mol. The molecule has 0 saturated carbocycles. The van der Waals surface area contributed by atoms with E-state index in [0.29, 0.717) is 5.76 Å². The van der Waals surface area contributed by atoms with Crippen LogP contribution in [0.3, 0.4) is 0 Å². The van der Waals surface area contributed by atoms with Gasteiger partial charge in [0.05, 0.1) is 0 Å². The van der Waals surface area contributed by atoms with Crippen molar-refractivity contribution in [3.8, 4) is 0 Å². The van der Waals surface area contributed by atoms with Crippen molar-refractivity contribution in [3.05, 3.63) is 41.4 Å². The van der Waals surface area contributed by atoms with Crippen LogP contribution in [0.15, 0.2) is 33.2 Å². The quantitative estimate of drug-likeness (QED) is 0.649. The predicted octanol–water partition coefficient (Wildman–Crippen LogP) is 3.38. The van der Waals surface area contributed by atoms with E-state index in [2.05, 4.69) is 22.9 Å². The lowest BCUT2D eigenvalue weighted by molar-refractivity contribution is 0.595. The molecule has 1 aromatic carbocycles. The van der Waals surface area contributed by atoms with E-state index in [-0.39, 0.29) is 0 Å². The summed E-state index contributed by atoms with van der Waals surface area (Å²) in [5.41, 5.74) is 0.887. The summed E-state index contributed by atoms with van der Waals surface area (Å²) in [6.07, 6.45) is 0. The van der Waals surface area contributed by atoms with Crippen LogP contribution in [0.4, 0.5) is 0 Å². The van der Waals surface area contributed by atoms with Gasteiger partial charge in [-0.2, -0.15) is 0 Å². The summed E-state index contributed by atoms with van der Waals surface area (Å²) < 4.78 is 6.35. The largest absolute Gasteiger partial charge is 0.461 e. The van der Waals surface area contributed by atoms with Gasteiger partial charge >= 0.3 is 0 Å². The standard InChI is InChI=1S/C9H6BrO/c1-6-4-7-5-8(10)2-3-9(7)11-6/h2-5H,1H2. The topological polar surface area (TPSA) is 13.1 Å². The van der Waals surface area contributed by atoms with E-state index in [4.69, 9.17) is 4.42 Å². The summed E-state index contributed by atoms with van der Waals surface area (Å²) in [6.45, 7) is 3.71. The van der Waals surface area contributed by atoms with Gasteiger partial charge in [-0.25, -0.2) is 0 Å². The minimum atomic E-state index is 0.707. The Hall–Kier alpha value is -0.760. The van der Waals surface area contributed by atoms with Crippen molar-refractivity contribution in [2.75, 3.05) is 0 Å². The lowest BCUT2D eigenvalue weighted by Crippen LogP contribution is -1.62. The van der Waals surface area contributed by atoms with Crippen molar-refractivity contribution in [2.45, 2.75) is 0 Å². The van der Waals surface area contributed by atoms with E-state index >= 15 is 0 Å². The van der Waals surface area contributed by atoms with Gasteiger partial charge in [-0.3, -0.25) is 0 Å². The van der Waals surface area contributed by atoms with Gasteiger partial charge in [-0.15, -0.1) is 0 Å². The lowest BCUT2D eigenvalue weighted by atomic mass is 10.2. The molecule has 0 atom stereocenters. The summed E-state index contributed by atoms with van der Waals surface area (Å²) in [7, 11) is 0. The van der Waals surface area contributed by atoms with Crippen LogP contribution in [0, 0.1) is 6.92 Å². The monoisotopic (exact) mass is 209 g/mol. The first-order valence-electron chi connectivity index (χ1n) is 3.27. The highest BCUT2D eigenvalue weighted by Gasteiger charge is 1.98. The molecule has 0 amide bonds. The van der Waals surface area contributed by atoms with Gasteiger partial charge in [-0.1, -0.05) is 15.9 Å². The third-order valence-corrected chi connectivity index (χ3v) is 2.02. The zero-order valence-corrected chi connectivity index (χ0v) is 7.39. The fourth-order valence-electron chi connectivity index (χ4n) is 1.07. The molecule has 0 aliphatic carbocycles. The van der Waals surface area contributed by atoms with Crippen LogP contribution >= 0.6 is 15.9 Å². The fourth-order valence-corrected chi connectivity index (χ4v) is 1.45. The lowest BCUT2D eigenvalue weighted by Gasteiger charge is -1.87. The zero-order valence-electron chi connectivity index (χ0n) is 5.80.